The van der Waals surface area contributed by atoms with Gasteiger partial charge in [0.05, 0.1) is 0 Å². The number of imide groups is 1. The van der Waals surface area contributed by atoms with Crippen molar-refractivity contribution in [1.29, 1.82) is 0 Å². The van der Waals surface area contributed by atoms with Crippen molar-refractivity contribution in [2.45, 2.75) is 44.7 Å². The maximum absolute atomic E-state index is 12.5. The third-order valence-corrected chi connectivity index (χ3v) is 5.09. The predicted octanol–water partition coefficient (Wildman–Crippen LogP) is 2.68. The molecule has 0 unspecified atom stereocenters. The number of carbonyl (C=O) groups excluding carboxylic acids is 3. The van der Waals surface area contributed by atoms with Crippen LogP contribution in [-0.2, 0) is 22.4 Å². The number of aryl methyl sites for hydroxylation is 2. The topological polar surface area (TPSA) is 78.5 Å². The first-order valence-corrected chi connectivity index (χ1v) is 10.0. The molecule has 0 saturated carbocycles. The smallest absolute Gasteiger partial charge is 0.325 e. The van der Waals surface area contributed by atoms with Gasteiger partial charge in [0.25, 0.3) is 5.91 Å². The molecule has 152 valence electrons. The zero-order chi connectivity index (χ0) is 20.6. The molecule has 1 aliphatic rings. The standard InChI is InChI=1S/C23H27N3O3/c1-17(12-13-18-8-4-2-5-9-18)24-21(27)16-26-22(28)20(25-23(26)29)15-14-19-10-6-3-7-11-19/h2-11,17,20H,12-16H2,1H3,(H,24,27)(H,25,29)/t17-,20-/m0/s1. The van der Waals surface area contributed by atoms with E-state index >= 15 is 0 Å². The van der Waals surface area contributed by atoms with Crippen molar-refractivity contribution >= 4 is 17.8 Å². The third-order valence-electron chi connectivity index (χ3n) is 5.09. The van der Waals surface area contributed by atoms with Crippen LogP contribution in [0.3, 0.4) is 0 Å². The molecule has 2 atom stereocenters. The van der Waals surface area contributed by atoms with Gasteiger partial charge in [0.2, 0.25) is 5.91 Å². The number of nitrogens with zero attached hydrogens (tertiary/aromatic N) is 1. The zero-order valence-electron chi connectivity index (χ0n) is 16.6. The van der Waals surface area contributed by atoms with Crippen LogP contribution in [0.2, 0.25) is 0 Å². The lowest BCUT2D eigenvalue weighted by Crippen LogP contribution is -2.44. The van der Waals surface area contributed by atoms with Crippen molar-refractivity contribution < 1.29 is 14.4 Å². The number of nitrogens with one attached hydrogen (secondary N) is 2. The SMILES string of the molecule is C[C@@H](CCc1ccccc1)NC(=O)CN1C(=O)N[C@@H](CCc2ccccc2)C1=O. The highest BCUT2D eigenvalue weighted by atomic mass is 16.2. The summed E-state index contributed by atoms with van der Waals surface area (Å²) >= 11 is 0. The molecule has 29 heavy (non-hydrogen) atoms. The van der Waals surface area contributed by atoms with Crippen molar-refractivity contribution in [3.8, 4) is 0 Å². The maximum Gasteiger partial charge on any atom is 0.325 e. The van der Waals surface area contributed by atoms with Gasteiger partial charge in [0, 0.05) is 6.04 Å². The van der Waals surface area contributed by atoms with Crippen LogP contribution >= 0.6 is 0 Å². The molecule has 0 aliphatic carbocycles. The number of hydrogen-bond donors (Lipinski definition) is 2. The van der Waals surface area contributed by atoms with E-state index in [4.69, 9.17) is 0 Å². The van der Waals surface area contributed by atoms with E-state index in [1.165, 1.54) is 5.56 Å². The number of hydrogen-bond acceptors (Lipinski definition) is 3. The Morgan fingerprint density at radius 1 is 1.00 bits per heavy atom. The molecule has 0 radical (unpaired) electrons. The molecule has 6 nitrogen and oxygen atoms in total. The quantitative estimate of drug-likeness (QED) is 0.643. The summed E-state index contributed by atoms with van der Waals surface area (Å²) in [5.41, 5.74) is 2.32. The number of rotatable bonds is 9. The van der Waals surface area contributed by atoms with E-state index < -0.39 is 12.1 Å². The zero-order valence-corrected chi connectivity index (χ0v) is 16.6. The van der Waals surface area contributed by atoms with Crippen LogP contribution in [0.25, 0.3) is 0 Å². The summed E-state index contributed by atoms with van der Waals surface area (Å²) in [6.45, 7) is 1.68. The largest absolute Gasteiger partial charge is 0.352 e. The van der Waals surface area contributed by atoms with Gasteiger partial charge in [-0.2, -0.15) is 0 Å². The number of carbonyl (C=O) groups is 3. The van der Waals surface area contributed by atoms with Crippen LogP contribution in [-0.4, -0.2) is 41.4 Å². The van der Waals surface area contributed by atoms with E-state index in [9.17, 15) is 14.4 Å². The Labute approximate surface area is 171 Å². The van der Waals surface area contributed by atoms with Crippen molar-refractivity contribution in [2.24, 2.45) is 0 Å². The average Bonchev–Trinajstić information content (AvgIpc) is 3.00. The Morgan fingerprint density at radius 3 is 2.21 bits per heavy atom. The van der Waals surface area contributed by atoms with Crippen molar-refractivity contribution in [1.82, 2.24) is 15.5 Å². The average molecular weight is 393 g/mol. The van der Waals surface area contributed by atoms with Crippen LogP contribution in [0.15, 0.2) is 60.7 Å². The van der Waals surface area contributed by atoms with Crippen LogP contribution in [0.5, 0.6) is 0 Å². The van der Waals surface area contributed by atoms with Gasteiger partial charge in [-0.25, -0.2) is 4.79 Å². The summed E-state index contributed by atoms with van der Waals surface area (Å²) in [5.74, 6) is -0.657. The molecule has 6 heteroatoms. The summed E-state index contributed by atoms with van der Waals surface area (Å²) < 4.78 is 0. The van der Waals surface area contributed by atoms with E-state index in [2.05, 4.69) is 22.8 Å². The molecule has 4 amide bonds. The third kappa shape index (κ3) is 5.91. The van der Waals surface area contributed by atoms with E-state index in [0.717, 1.165) is 23.3 Å². The van der Waals surface area contributed by atoms with Crippen LogP contribution < -0.4 is 10.6 Å². The molecule has 2 aromatic rings. The van der Waals surface area contributed by atoms with Gasteiger partial charge in [-0.15, -0.1) is 0 Å². The Bertz CT molecular complexity index is 839. The summed E-state index contributed by atoms with van der Waals surface area (Å²) in [6, 6.07) is 18.7. The van der Waals surface area contributed by atoms with Crippen LogP contribution in [0, 0.1) is 0 Å². The highest BCUT2D eigenvalue weighted by Crippen LogP contribution is 2.13. The fourth-order valence-corrected chi connectivity index (χ4v) is 3.44. The van der Waals surface area contributed by atoms with Gasteiger partial charge in [0.1, 0.15) is 12.6 Å². The second-order valence-corrected chi connectivity index (χ2v) is 7.44. The normalized spacial score (nSPS) is 17.1. The highest BCUT2D eigenvalue weighted by molar-refractivity contribution is 6.06. The molecular weight excluding hydrogens is 366 g/mol. The minimum Gasteiger partial charge on any atom is -0.352 e. The summed E-state index contributed by atoms with van der Waals surface area (Å²) in [4.78, 5) is 38.0. The molecular formula is C23H27N3O3. The lowest BCUT2D eigenvalue weighted by atomic mass is 10.1. The van der Waals surface area contributed by atoms with Gasteiger partial charge in [-0.1, -0.05) is 60.7 Å². The molecule has 1 heterocycles. The minimum atomic E-state index is -0.578. The van der Waals surface area contributed by atoms with Crippen molar-refractivity contribution in [3.63, 3.8) is 0 Å². The molecule has 2 aromatic carbocycles. The Kier molecular flexibility index (Phi) is 7.00. The fraction of sp³-hybridized carbons (Fsp3) is 0.348. The van der Waals surface area contributed by atoms with Crippen molar-refractivity contribution in [3.05, 3.63) is 71.8 Å². The van der Waals surface area contributed by atoms with Gasteiger partial charge in [-0.05, 0) is 43.7 Å². The highest BCUT2D eigenvalue weighted by Gasteiger charge is 2.38. The molecule has 0 bridgehead atoms. The molecule has 1 aliphatic heterocycles. The van der Waals surface area contributed by atoms with E-state index in [1.54, 1.807) is 0 Å². The Hall–Kier alpha value is -3.15. The monoisotopic (exact) mass is 393 g/mol. The van der Waals surface area contributed by atoms with Crippen LogP contribution in [0.1, 0.15) is 30.9 Å². The first-order chi connectivity index (χ1) is 14.0. The van der Waals surface area contributed by atoms with Gasteiger partial charge in [0.15, 0.2) is 0 Å². The molecule has 3 rings (SSSR count). The first kappa shape index (κ1) is 20.6. The molecule has 0 spiro atoms. The Morgan fingerprint density at radius 2 is 1.59 bits per heavy atom. The second-order valence-electron chi connectivity index (χ2n) is 7.44. The predicted molar refractivity (Wildman–Crippen MR) is 111 cm³/mol. The van der Waals surface area contributed by atoms with Crippen molar-refractivity contribution in [2.75, 3.05) is 6.54 Å². The van der Waals surface area contributed by atoms with E-state index in [1.807, 2.05) is 55.5 Å². The molecule has 1 fully saturated rings. The molecule has 1 saturated heterocycles. The number of urea groups is 1. The summed E-state index contributed by atoms with van der Waals surface area (Å²) in [7, 11) is 0. The fourth-order valence-electron chi connectivity index (χ4n) is 3.44. The van der Waals surface area contributed by atoms with Crippen LogP contribution in [0.4, 0.5) is 4.79 Å². The minimum absolute atomic E-state index is 0.0441. The number of amides is 4. The molecule has 0 aromatic heterocycles. The van der Waals surface area contributed by atoms with Gasteiger partial charge >= 0.3 is 6.03 Å². The Balaban J connectivity index is 1.44. The summed E-state index contributed by atoms with van der Waals surface area (Å²) in [5, 5.41) is 5.56. The molecule has 2 N–H and O–H groups in total. The van der Waals surface area contributed by atoms with E-state index in [0.29, 0.717) is 12.8 Å². The maximum atomic E-state index is 12.5. The van der Waals surface area contributed by atoms with E-state index in [-0.39, 0.29) is 24.4 Å². The summed E-state index contributed by atoms with van der Waals surface area (Å²) in [6.07, 6.45) is 2.84. The lowest BCUT2D eigenvalue weighted by molar-refractivity contribution is -0.132. The second kappa shape index (κ2) is 9.87. The van der Waals surface area contributed by atoms with Gasteiger partial charge in [-0.3, -0.25) is 14.5 Å². The number of benzene rings is 2. The lowest BCUT2D eigenvalue weighted by Gasteiger charge is -2.17. The first-order valence-electron chi connectivity index (χ1n) is 10.0. The van der Waals surface area contributed by atoms with Gasteiger partial charge < -0.3 is 10.6 Å².